The highest BCUT2D eigenvalue weighted by molar-refractivity contribution is 6.03. The lowest BCUT2D eigenvalue weighted by Gasteiger charge is -2.12. The van der Waals surface area contributed by atoms with Crippen molar-refractivity contribution in [1.82, 2.24) is 4.98 Å². The first-order valence-electron chi connectivity index (χ1n) is 7.80. The number of pyridine rings is 1. The zero-order valence-electron chi connectivity index (χ0n) is 13.1. The van der Waals surface area contributed by atoms with E-state index in [1.807, 2.05) is 31.2 Å². The average molecular weight is 312 g/mol. The van der Waals surface area contributed by atoms with Gasteiger partial charge in [-0.1, -0.05) is 12.1 Å². The number of anilines is 1. The highest BCUT2D eigenvalue weighted by Crippen LogP contribution is 2.18. The van der Waals surface area contributed by atoms with Crippen LogP contribution in [-0.2, 0) is 4.74 Å². The van der Waals surface area contributed by atoms with Crippen molar-refractivity contribution < 1.29 is 14.3 Å². The van der Waals surface area contributed by atoms with Gasteiger partial charge in [0.15, 0.2) is 0 Å². The average Bonchev–Trinajstić information content (AvgIpc) is 3.07. The summed E-state index contributed by atoms with van der Waals surface area (Å²) in [7, 11) is 0. The van der Waals surface area contributed by atoms with Crippen molar-refractivity contribution in [2.24, 2.45) is 0 Å². The molecule has 5 heteroatoms. The number of nitrogens with one attached hydrogen (secondary N) is 1. The van der Waals surface area contributed by atoms with E-state index in [2.05, 4.69) is 10.3 Å². The van der Waals surface area contributed by atoms with Gasteiger partial charge < -0.3 is 14.8 Å². The molecule has 1 fully saturated rings. The minimum absolute atomic E-state index is 0.156. The molecular weight excluding hydrogens is 292 g/mol. The predicted molar refractivity (Wildman–Crippen MR) is 87.8 cm³/mol. The van der Waals surface area contributed by atoms with Crippen LogP contribution < -0.4 is 10.1 Å². The summed E-state index contributed by atoms with van der Waals surface area (Å²) in [4.78, 5) is 16.6. The van der Waals surface area contributed by atoms with E-state index in [0.29, 0.717) is 23.7 Å². The third-order valence-corrected chi connectivity index (χ3v) is 3.69. The smallest absolute Gasteiger partial charge is 0.256 e. The van der Waals surface area contributed by atoms with Crippen molar-refractivity contribution in [2.45, 2.75) is 25.9 Å². The lowest BCUT2D eigenvalue weighted by atomic mass is 10.2. The molecule has 1 aliphatic heterocycles. The van der Waals surface area contributed by atoms with Crippen LogP contribution in [0.3, 0.4) is 0 Å². The highest BCUT2D eigenvalue weighted by Gasteiger charge is 2.16. The number of aryl methyl sites for hydroxylation is 1. The first-order chi connectivity index (χ1) is 11.2. The Morgan fingerprint density at radius 3 is 3.00 bits per heavy atom. The second kappa shape index (κ2) is 7.24. The van der Waals surface area contributed by atoms with E-state index in [1.54, 1.807) is 18.2 Å². The molecule has 120 valence electrons. The van der Waals surface area contributed by atoms with E-state index in [4.69, 9.17) is 9.47 Å². The molecule has 0 spiro atoms. The normalized spacial score (nSPS) is 17.0. The van der Waals surface area contributed by atoms with Gasteiger partial charge in [-0.2, -0.15) is 0 Å². The molecule has 0 unspecified atom stereocenters. The summed E-state index contributed by atoms with van der Waals surface area (Å²) in [6, 6.07) is 12.7. The fraction of sp³-hybridized carbons (Fsp3) is 0.333. The summed E-state index contributed by atoms with van der Waals surface area (Å²) >= 11 is 0. The molecule has 0 radical (unpaired) electrons. The Bertz CT molecular complexity index is 681. The van der Waals surface area contributed by atoms with Crippen molar-refractivity contribution in [1.29, 1.82) is 0 Å². The predicted octanol–water partition coefficient (Wildman–Crippen LogP) is 3.20. The minimum atomic E-state index is -0.203. The van der Waals surface area contributed by atoms with Gasteiger partial charge in [-0.25, -0.2) is 4.98 Å². The molecule has 1 atom stereocenters. The minimum Gasteiger partial charge on any atom is -0.491 e. The summed E-state index contributed by atoms with van der Waals surface area (Å²) in [5, 5.41) is 2.79. The van der Waals surface area contributed by atoms with Crippen molar-refractivity contribution in [3.8, 4) is 5.75 Å². The largest absolute Gasteiger partial charge is 0.491 e. The number of benzene rings is 1. The second-order valence-electron chi connectivity index (χ2n) is 5.59. The van der Waals surface area contributed by atoms with E-state index in [-0.39, 0.29) is 12.0 Å². The Labute approximate surface area is 135 Å². The van der Waals surface area contributed by atoms with Gasteiger partial charge in [0.25, 0.3) is 5.91 Å². The molecule has 0 bridgehead atoms. The van der Waals surface area contributed by atoms with Crippen LogP contribution in [0.4, 0.5) is 5.82 Å². The van der Waals surface area contributed by atoms with Crippen molar-refractivity contribution in [2.75, 3.05) is 18.5 Å². The third-order valence-electron chi connectivity index (χ3n) is 3.69. The molecule has 1 aromatic carbocycles. The van der Waals surface area contributed by atoms with Gasteiger partial charge in [-0.05, 0) is 50.1 Å². The molecule has 1 N–H and O–H groups in total. The fourth-order valence-electron chi connectivity index (χ4n) is 2.49. The van der Waals surface area contributed by atoms with Crippen LogP contribution in [-0.4, -0.2) is 30.2 Å². The molecular formula is C18H20N2O3. The standard InChI is InChI=1S/C18H20N2O3/c1-13-5-2-9-17(19-13)20-18(21)14-6-3-7-15(11-14)23-12-16-8-4-10-22-16/h2-3,5-7,9,11,16H,4,8,10,12H2,1H3,(H,19,20,21)/t16-/m0/s1. The number of ether oxygens (including phenoxy) is 2. The molecule has 1 aromatic heterocycles. The quantitative estimate of drug-likeness (QED) is 0.921. The highest BCUT2D eigenvalue weighted by atomic mass is 16.5. The maximum atomic E-state index is 12.3. The number of carbonyl (C=O) groups is 1. The maximum Gasteiger partial charge on any atom is 0.256 e. The van der Waals surface area contributed by atoms with E-state index >= 15 is 0 Å². The van der Waals surface area contributed by atoms with Crippen molar-refractivity contribution in [3.05, 3.63) is 53.7 Å². The molecule has 3 rings (SSSR count). The van der Waals surface area contributed by atoms with E-state index in [1.165, 1.54) is 0 Å². The first-order valence-corrected chi connectivity index (χ1v) is 7.80. The van der Waals surface area contributed by atoms with Gasteiger partial charge in [-0.3, -0.25) is 4.79 Å². The van der Waals surface area contributed by atoms with Gasteiger partial charge in [-0.15, -0.1) is 0 Å². The number of amides is 1. The number of carbonyl (C=O) groups excluding carboxylic acids is 1. The molecule has 2 aromatic rings. The lowest BCUT2D eigenvalue weighted by molar-refractivity contribution is 0.0679. The monoisotopic (exact) mass is 312 g/mol. The molecule has 5 nitrogen and oxygen atoms in total. The Kier molecular flexibility index (Phi) is 4.88. The van der Waals surface area contributed by atoms with Crippen LogP contribution in [0.1, 0.15) is 28.9 Å². The molecule has 0 aliphatic carbocycles. The second-order valence-corrected chi connectivity index (χ2v) is 5.59. The van der Waals surface area contributed by atoms with Crippen LogP contribution in [0.15, 0.2) is 42.5 Å². The fourth-order valence-corrected chi connectivity index (χ4v) is 2.49. The van der Waals surface area contributed by atoms with Crippen molar-refractivity contribution >= 4 is 11.7 Å². The molecule has 0 saturated carbocycles. The first kappa shape index (κ1) is 15.5. The Morgan fingerprint density at radius 2 is 2.22 bits per heavy atom. The van der Waals surface area contributed by atoms with E-state index < -0.39 is 0 Å². The lowest BCUT2D eigenvalue weighted by Crippen LogP contribution is -2.17. The summed E-state index contributed by atoms with van der Waals surface area (Å²) < 4.78 is 11.3. The number of aromatic nitrogens is 1. The zero-order valence-corrected chi connectivity index (χ0v) is 13.1. The zero-order chi connectivity index (χ0) is 16.1. The Hall–Kier alpha value is -2.40. The summed E-state index contributed by atoms with van der Waals surface area (Å²) in [5.74, 6) is 1.01. The van der Waals surface area contributed by atoms with Crippen LogP contribution in [0.2, 0.25) is 0 Å². The number of hydrogen-bond acceptors (Lipinski definition) is 4. The third kappa shape index (κ3) is 4.29. The molecule has 1 saturated heterocycles. The molecule has 23 heavy (non-hydrogen) atoms. The molecule has 1 amide bonds. The van der Waals surface area contributed by atoms with Gasteiger partial charge in [0.2, 0.25) is 0 Å². The van der Waals surface area contributed by atoms with Gasteiger partial charge in [0.05, 0.1) is 6.10 Å². The van der Waals surface area contributed by atoms with Crippen LogP contribution in [0.25, 0.3) is 0 Å². The van der Waals surface area contributed by atoms with Gasteiger partial charge >= 0.3 is 0 Å². The summed E-state index contributed by atoms with van der Waals surface area (Å²) in [6.07, 6.45) is 2.27. The molecule has 1 aliphatic rings. The Morgan fingerprint density at radius 1 is 1.35 bits per heavy atom. The summed E-state index contributed by atoms with van der Waals surface area (Å²) in [6.45, 7) is 3.21. The van der Waals surface area contributed by atoms with Crippen molar-refractivity contribution in [3.63, 3.8) is 0 Å². The SMILES string of the molecule is Cc1cccc(NC(=O)c2cccc(OC[C@@H]3CCCO3)c2)n1. The van der Waals surface area contributed by atoms with Gasteiger partial charge in [0.1, 0.15) is 18.2 Å². The maximum absolute atomic E-state index is 12.3. The number of hydrogen-bond donors (Lipinski definition) is 1. The van der Waals surface area contributed by atoms with Crippen LogP contribution in [0.5, 0.6) is 5.75 Å². The Balaban J connectivity index is 1.62. The van der Waals surface area contributed by atoms with E-state index in [9.17, 15) is 4.79 Å². The number of nitrogens with zero attached hydrogens (tertiary/aromatic N) is 1. The van der Waals surface area contributed by atoms with Crippen LogP contribution >= 0.6 is 0 Å². The van der Waals surface area contributed by atoms with Crippen LogP contribution in [0, 0.1) is 6.92 Å². The molecule has 2 heterocycles. The van der Waals surface area contributed by atoms with E-state index in [0.717, 1.165) is 25.1 Å². The topological polar surface area (TPSA) is 60.5 Å². The van der Waals surface area contributed by atoms with Gasteiger partial charge in [0, 0.05) is 17.9 Å². The summed E-state index contributed by atoms with van der Waals surface area (Å²) in [5.41, 5.74) is 1.40. The number of rotatable bonds is 5.